The number of phenolic OH excluding ortho intramolecular Hbond substituents is 1. The maximum absolute atomic E-state index is 14.8. The van der Waals surface area contributed by atoms with Crippen molar-refractivity contribution in [1.82, 2.24) is 45.2 Å². The number of phenols is 1. The Labute approximate surface area is 418 Å². The highest BCUT2D eigenvalue weighted by Crippen LogP contribution is 2.45. The summed E-state index contributed by atoms with van der Waals surface area (Å²) in [6.07, 6.45) is 11.7. The molecule has 17 nitrogen and oxygen atoms in total. The molecule has 0 saturated carbocycles. The third kappa shape index (κ3) is 11.1. The molecule has 1 aromatic heterocycles. The molecule has 0 aliphatic carbocycles. The Morgan fingerprint density at radius 3 is 2.62 bits per heavy atom. The summed E-state index contributed by atoms with van der Waals surface area (Å²) in [7, 11) is 5.25. The molecular weight excluding hydrogens is 903 g/mol. The second-order valence-electron chi connectivity index (χ2n) is 21.0. The molecule has 1 aromatic carbocycles. The van der Waals surface area contributed by atoms with Crippen LogP contribution in [-0.2, 0) is 46.5 Å². The van der Waals surface area contributed by atoms with Crippen LogP contribution in [0.3, 0.4) is 0 Å². The second-order valence-corrected chi connectivity index (χ2v) is 21.0. The van der Waals surface area contributed by atoms with Crippen molar-refractivity contribution in [2.24, 2.45) is 17.3 Å². The number of carbonyl (C=O) groups excluding carboxylic acids is 5. The third-order valence-corrected chi connectivity index (χ3v) is 14.7. The smallest absolute Gasteiger partial charge is 0.324 e. The van der Waals surface area contributed by atoms with Gasteiger partial charge in [-0.15, -0.1) is 0 Å². The Kier molecular flexibility index (Phi) is 15.6. The van der Waals surface area contributed by atoms with Gasteiger partial charge in [0.15, 0.2) is 0 Å². The molecule has 4 amide bonds. The number of amides is 4. The van der Waals surface area contributed by atoms with Crippen LogP contribution in [0.5, 0.6) is 5.75 Å². The highest BCUT2D eigenvalue weighted by atomic mass is 16.5. The van der Waals surface area contributed by atoms with Gasteiger partial charge in [-0.25, -0.2) is 5.43 Å². The summed E-state index contributed by atoms with van der Waals surface area (Å²) in [5.74, 6) is 2.94. The van der Waals surface area contributed by atoms with Crippen LogP contribution < -0.4 is 10.7 Å². The van der Waals surface area contributed by atoms with Gasteiger partial charge in [-0.2, -0.15) is 0 Å². The average Bonchev–Trinajstić information content (AvgIpc) is 4.09. The number of allylic oxidation sites excluding steroid dienone is 3. The van der Waals surface area contributed by atoms with Crippen molar-refractivity contribution in [2.75, 3.05) is 60.5 Å². The molecule has 2 aromatic rings. The fourth-order valence-corrected chi connectivity index (χ4v) is 11.0. The van der Waals surface area contributed by atoms with Gasteiger partial charge in [0.25, 0.3) is 11.8 Å². The molecule has 0 spiro atoms. The number of methoxy groups -OCH3 is 1. The number of nitrogens with one attached hydrogen (secondary N) is 2. The number of ether oxygens (including phenoxy) is 2. The molecule has 3 fully saturated rings. The topological polar surface area (TPSA) is 180 Å². The number of fused-ring (bicyclic) bond motifs is 5. The predicted molar refractivity (Wildman–Crippen MR) is 267 cm³/mol. The number of likely N-dealkylation sites (tertiary alicyclic amines) is 2. The van der Waals surface area contributed by atoms with E-state index in [1.165, 1.54) is 9.91 Å². The normalized spacial score (nSPS) is 25.0. The SMILES string of the molecule is CCN1C(c2cccnc2COC)=C2CC(C)(C)COC(=O)[C@@H]3CCCN(N3)C(=O)[C@@H](NC(=O)[C@H](C(C)C)N(C)C(=O)[C@H]3CCN(C(=O)C#C[C@H]4CCCN4C)C3)Cc3cc(O)cc(c3)C3=CN2C1C=C3. The highest BCUT2D eigenvalue weighted by molar-refractivity contribution is 5.95. The van der Waals surface area contributed by atoms with E-state index in [-0.39, 0.29) is 61.8 Å². The minimum Gasteiger partial charge on any atom is -0.508 e. The molecule has 71 heavy (non-hydrogen) atoms. The van der Waals surface area contributed by atoms with E-state index in [1.54, 1.807) is 37.4 Å². The van der Waals surface area contributed by atoms with Gasteiger partial charge >= 0.3 is 5.97 Å². The van der Waals surface area contributed by atoms with Crippen molar-refractivity contribution >= 4 is 40.9 Å². The molecule has 8 rings (SSSR count). The van der Waals surface area contributed by atoms with Crippen molar-refractivity contribution in [1.29, 1.82) is 0 Å². The Bertz CT molecular complexity index is 2540. The van der Waals surface area contributed by atoms with Crippen LogP contribution in [0.25, 0.3) is 11.3 Å². The zero-order valence-electron chi connectivity index (χ0n) is 42.6. The standard InChI is InChI=1S/C54H71N9O8/c1-9-61-46-18-16-36-31-62(46)45(49(61)41-14-10-21-55-44(41)32-70-8)29-54(4,5)33-71-53(69)42-15-12-23-63(57-42)52(68)43(27-35-25-38(36)28-40(64)26-35)56-50(66)48(34(2)3)59(7)51(67)37-20-24-60(30-37)47(65)19-17-39-13-11-22-58(39)6/h10,14,16,18,21,25-26,28,31,34,37,39,42-43,46,48,57,64H,9,11-13,15,20,22-24,27,29-30,32-33H2,1-8H3,(H,56,66)/t37-,39+,42-,43-,46?,48-/m0/s1. The summed E-state index contributed by atoms with van der Waals surface area (Å²) in [6.45, 7) is 12.9. The molecule has 1 unspecified atom stereocenters. The Balaban J connectivity index is 1.10. The maximum atomic E-state index is 14.8. The summed E-state index contributed by atoms with van der Waals surface area (Å²) in [5.41, 5.74) is 8.46. The zero-order valence-corrected chi connectivity index (χ0v) is 42.6. The molecule has 0 radical (unpaired) electrons. The molecule has 17 heteroatoms. The molecular formula is C54H71N9O8. The lowest BCUT2D eigenvalue weighted by Crippen LogP contribution is -2.62. The number of likely N-dealkylation sites (N-methyl/N-ethyl adjacent to an activating group) is 2. The van der Waals surface area contributed by atoms with Crippen LogP contribution in [0.2, 0.25) is 0 Å². The molecule has 3 N–H and O–H groups in total. The van der Waals surface area contributed by atoms with Crippen LogP contribution in [0.4, 0.5) is 0 Å². The number of hydrogen-bond acceptors (Lipinski definition) is 13. The maximum Gasteiger partial charge on any atom is 0.324 e. The third-order valence-electron chi connectivity index (χ3n) is 14.7. The van der Waals surface area contributed by atoms with Gasteiger partial charge in [0, 0.05) is 75.8 Å². The van der Waals surface area contributed by atoms with Gasteiger partial charge < -0.3 is 39.5 Å². The number of carbonyl (C=O) groups is 5. The van der Waals surface area contributed by atoms with E-state index in [4.69, 9.17) is 14.5 Å². The van der Waals surface area contributed by atoms with Crippen LogP contribution in [0.1, 0.15) is 95.5 Å². The predicted octanol–water partition coefficient (Wildman–Crippen LogP) is 4.10. The van der Waals surface area contributed by atoms with Gasteiger partial charge in [0.05, 0.1) is 36.6 Å². The fourth-order valence-electron chi connectivity index (χ4n) is 11.0. The summed E-state index contributed by atoms with van der Waals surface area (Å²) >= 11 is 0. The molecule has 7 heterocycles. The quantitative estimate of drug-likeness (QED) is 0.242. The number of esters is 1. The lowest BCUT2D eigenvalue weighted by atomic mass is 9.87. The first-order valence-electron chi connectivity index (χ1n) is 25.2. The molecule has 6 bridgehead atoms. The number of nitrogens with zero attached hydrogens (tertiary/aromatic N) is 7. The minimum absolute atomic E-state index is 0.0140. The van der Waals surface area contributed by atoms with Crippen molar-refractivity contribution in [3.8, 4) is 17.6 Å². The van der Waals surface area contributed by atoms with Crippen molar-refractivity contribution in [3.05, 3.63) is 83.0 Å². The molecule has 380 valence electrons. The Morgan fingerprint density at radius 1 is 1.10 bits per heavy atom. The number of rotatable bonds is 9. The number of aromatic nitrogens is 1. The second kappa shape index (κ2) is 21.6. The van der Waals surface area contributed by atoms with Crippen LogP contribution >= 0.6 is 0 Å². The first-order valence-corrected chi connectivity index (χ1v) is 25.2. The van der Waals surface area contributed by atoms with Crippen LogP contribution in [0, 0.1) is 29.1 Å². The number of pyridine rings is 1. The van der Waals surface area contributed by atoms with Crippen molar-refractivity contribution < 1.29 is 38.6 Å². The molecule has 3 saturated heterocycles. The summed E-state index contributed by atoms with van der Waals surface area (Å²) < 4.78 is 11.7. The van der Waals surface area contributed by atoms with E-state index in [0.29, 0.717) is 56.5 Å². The van der Waals surface area contributed by atoms with Gasteiger partial charge in [-0.05, 0) is 118 Å². The first-order chi connectivity index (χ1) is 34.0. The van der Waals surface area contributed by atoms with E-state index in [1.807, 2.05) is 39.1 Å². The van der Waals surface area contributed by atoms with E-state index in [2.05, 4.69) is 76.4 Å². The first kappa shape index (κ1) is 51.1. The Morgan fingerprint density at radius 2 is 1.89 bits per heavy atom. The number of cyclic esters (lactones) is 1. The van der Waals surface area contributed by atoms with Gasteiger partial charge in [0.2, 0.25) is 11.8 Å². The van der Waals surface area contributed by atoms with Gasteiger partial charge in [-0.3, -0.25) is 38.9 Å². The number of hydrogen-bond donors (Lipinski definition) is 3. The van der Waals surface area contributed by atoms with Gasteiger partial charge in [-0.1, -0.05) is 45.8 Å². The zero-order chi connectivity index (χ0) is 50.7. The van der Waals surface area contributed by atoms with Crippen LogP contribution in [0.15, 0.2) is 60.6 Å². The summed E-state index contributed by atoms with van der Waals surface area (Å²) in [4.78, 5) is 85.3. The van der Waals surface area contributed by atoms with E-state index in [0.717, 1.165) is 47.6 Å². The fraction of sp³-hybridized carbons (Fsp3) is 0.556. The Hall–Kier alpha value is -6.22. The number of benzene rings is 1. The number of hydrazine groups is 1. The molecule has 6 atom stereocenters. The molecule has 6 aliphatic rings. The summed E-state index contributed by atoms with van der Waals surface area (Å²) in [6, 6.07) is 6.28. The average molecular weight is 974 g/mol. The minimum atomic E-state index is -1.17. The van der Waals surface area contributed by atoms with E-state index >= 15 is 0 Å². The lowest BCUT2D eigenvalue weighted by Gasteiger charge is -2.37. The van der Waals surface area contributed by atoms with Crippen LogP contribution in [-0.4, -0.2) is 160 Å². The van der Waals surface area contributed by atoms with E-state index in [9.17, 15) is 29.1 Å². The highest BCUT2D eigenvalue weighted by Gasteiger charge is 2.43. The molecule has 6 aliphatic heterocycles. The van der Waals surface area contributed by atoms with Gasteiger partial charge in [0.1, 0.15) is 30.0 Å². The largest absolute Gasteiger partial charge is 0.508 e. The lowest BCUT2D eigenvalue weighted by molar-refractivity contribution is -0.155. The summed E-state index contributed by atoms with van der Waals surface area (Å²) in [5, 5.41) is 15.8. The monoisotopic (exact) mass is 974 g/mol. The van der Waals surface area contributed by atoms with Crippen molar-refractivity contribution in [3.63, 3.8) is 0 Å². The van der Waals surface area contributed by atoms with Crippen molar-refractivity contribution in [2.45, 2.75) is 117 Å². The van der Waals surface area contributed by atoms with E-state index < -0.39 is 47.2 Å². The number of aromatic hydroxyl groups is 1.